The Kier molecular flexibility index (Phi) is 5.18. The molecule has 0 aliphatic carbocycles. The summed E-state index contributed by atoms with van der Waals surface area (Å²) in [6.07, 6.45) is 2.10. The van der Waals surface area contributed by atoms with Gasteiger partial charge < -0.3 is 9.64 Å². The first-order valence-corrected chi connectivity index (χ1v) is 8.95. The van der Waals surface area contributed by atoms with Crippen molar-refractivity contribution in [1.82, 2.24) is 14.7 Å². The molecule has 6 heteroatoms. The normalized spacial score (nSPS) is 17.4. The van der Waals surface area contributed by atoms with Gasteiger partial charge in [0.15, 0.2) is 5.69 Å². The highest BCUT2D eigenvalue weighted by atomic mass is 16.5. The summed E-state index contributed by atoms with van der Waals surface area (Å²) >= 11 is 0. The number of carbonyl (C=O) groups is 1. The lowest BCUT2D eigenvalue weighted by Crippen LogP contribution is -2.39. The molecule has 1 aliphatic rings. The topological polar surface area (TPSA) is 64.4 Å². The van der Waals surface area contributed by atoms with Gasteiger partial charge in [0, 0.05) is 25.1 Å². The summed E-state index contributed by atoms with van der Waals surface area (Å²) in [7, 11) is 0. The van der Waals surface area contributed by atoms with Crippen LogP contribution in [0.5, 0.6) is 0 Å². The first kappa shape index (κ1) is 17.6. The number of rotatable bonds is 5. The van der Waals surface area contributed by atoms with Gasteiger partial charge in [-0.15, -0.1) is 0 Å². The standard InChI is InChI=1S/C19H25N3O3/c1-4-21(12-14-8-7-11-25-14)19(24)17-15-9-5-6-10-16(15)18(23)22(20-17)13(2)3/h5-6,9-10,13-14H,4,7-8,11-12H2,1-3H3/t14-/m0/s1. The molecule has 0 radical (unpaired) electrons. The molecule has 0 unspecified atom stereocenters. The Morgan fingerprint density at radius 2 is 2.08 bits per heavy atom. The average molecular weight is 343 g/mol. The number of likely N-dealkylation sites (N-methyl/N-ethyl adjacent to an activating group) is 1. The number of hydrogen-bond donors (Lipinski definition) is 0. The molecule has 134 valence electrons. The van der Waals surface area contributed by atoms with Gasteiger partial charge in [-0.3, -0.25) is 9.59 Å². The number of benzene rings is 1. The van der Waals surface area contributed by atoms with Crippen LogP contribution in [0.25, 0.3) is 10.8 Å². The van der Waals surface area contributed by atoms with Crippen LogP contribution in [0.3, 0.4) is 0 Å². The average Bonchev–Trinajstić information content (AvgIpc) is 3.12. The van der Waals surface area contributed by atoms with Crippen LogP contribution >= 0.6 is 0 Å². The van der Waals surface area contributed by atoms with Crippen molar-refractivity contribution in [2.24, 2.45) is 0 Å². The smallest absolute Gasteiger partial charge is 0.275 e. The van der Waals surface area contributed by atoms with E-state index in [9.17, 15) is 9.59 Å². The van der Waals surface area contributed by atoms with E-state index in [1.54, 1.807) is 17.0 Å². The summed E-state index contributed by atoms with van der Waals surface area (Å²) in [4.78, 5) is 27.5. The molecule has 3 rings (SSSR count). The van der Waals surface area contributed by atoms with E-state index in [1.807, 2.05) is 32.9 Å². The van der Waals surface area contributed by atoms with Crippen LogP contribution in [0.15, 0.2) is 29.1 Å². The predicted molar refractivity (Wildman–Crippen MR) is 96.9 cm³/mol. The molecule has 0 N–H and O–H groups in total. The minimum absolute atomic E-state index is 0.0890. The fraction of sp³-hybridized carbons (Fsp3) is 0.526. The molecule has 1 amide bonds. The second kappa shape index (κ2) is 7.35. The van der Waals surface area contributed by atoms with E-state index in [2.05, 4.69) is 5.10 Å². The molecule has 1 atom stereocenters. The summed E-state index contributed by atoms with van der Waals surface area (Å²) in [6, 6.07) is 7.08. The highest BCUT2D eigenvalue weighted by molar-refractivity contribution is 6.04. The Labute approximate surface area is 147 Å². The SMILES string of the molecule is CCN(C[C@@H]1CCCO1)C(=O)c1nn(C(C)C)c(=O)c2ccccc12. The van der Waals surface area contributed by atoms with E-state index in [-0.39, 0.29) is 23.6 Å². The molecule has 1 fully saturated rings. The van der Waals surface area contributed by atoms with Gasteiger partial charge in [0.05, 0.1) is 17.5 Å². The molecular formula is C19H25N3O3. The summed E-state index contributed by atoms with van der Waals surface area (Å²) in [5.74, 6) is -0.149. The van der Waals surface area contributed by atoms with Crippen molar-refractivity contribution in [1.29, 1.82) is 0 Å². The molecule has 25 heavy (non-hydrogen) atoms. The van der Waals surface area contributed by atoms with Crippen LogP contribution in [0.2, 0.25) is 0 Å². The number of aromatic nitrogens is 2. The monoisotopic (exact) mass is 343 g/mol. The molecule has 1 aromatic carbocycles. The van der Waals surface area contributed by atoms with Crippen molar-refractivity contribution >= 4 is 16.7 Å². The van der Waals surface area contributed by atoms with Gasteiger partial charge in [-0.05, 0) is 39.7 Å². The number of ether oxygens (including phenoxy) is 1. The maximum absolute atomic E-state index is 13.2. The first-order valence-electron chi connectivity index (χ1n) is 8.95. The molecule has 1 aromatic heterocycles. The zero-order valence-electron chi connectivity index (χ0n) is 15.1. The Morgan fingerprint density at radius 1 is 1.36 bits per heavy atom. The maximum Gasteiger partial charge on any atom is 0.275 e. The first-order chi connectivity index (χ1) is 12.0. The lowest BCUT2D eigenvalue weighted by Gasteiger charge is -2.24. The molecule has 2 aromatic rings. The molecule has 1 aliphatic heterocycles. The van der Waals surface area contributed by atoms with Crippen LogP contribution in [0, 0.1) is 0 Å². The van der Waals surface area contributed by atoms with Gasteiger partial charge >= 0.3 is 0 Å². The van der Waals surface area contributed by atoms with E-state index in [0.29, 0.717) is 29.6 Å². The Bertz CT molecular complexity index is 822. The highest BCUT2D eigenvalue weighted by Crippen LogP contribution is 2.19. The van der Waals surface area contributed by atoms with E-state index < -0.39 is 0 Å². The summed E-state index contributed by atoms with van der Waals surface area (Å²) in [6.45, 7) is 7.63. The van der Waals surface area contributed by atoms with Gasteiger partial charge in [0.2, 0.25) is 0 Å². The minimum atomic E-state index is -0.163. The second-order valence-electron chi connectivity index (χ2n) is 6.72. The number of amides is 1. The zero-order valence-corrected chi connectivity index (χ0v) is 15.1. The third-order valence-electron chi connectivity index (χ3n) is 4.64. The largest absolute Gasteiger partial charge is 0.376 e. The number of fused-ring (bicyclic) bond motifs is 1. The Hall–Kier alpha value is -2.21. The minimum Gasteiger partial charge on any atom is -0.376 e. The molecular weight excluding hydrogens is 318 g/mol. The van der Waals surface area contributed by atoms with Crippen molar-refractivity contribution in [3.63, 3.8) is 0 Å². The Morgan fingerprint density at radius 3 is 2.68 bits per heavy atom. The maximum atomic E-state index is 13.2. The van der Waals surface area contributed by atoms with E-state index in [1.165, 1.54) is 4.68 Å². The second-order valence-corrected chi connectivity index (χ2v) is 6.72. The molecule has 1 saturated heterocycles. The fourth-order valence-corrected chi connectivity index (χ4v) is 3.25. The quantitative estimate of drug-likeness (QED) is 0.837. The third kappa shape index (κ3) is 3.44. The predicted octanol–water partition coefficient (Wildman–Crippen LogP) is 2.62. The molecule has 0 spiro atoms. The third-order valence-corrected chi connectivity index (χ3v) is 4.64. The van der Waals surface area contributed by atoms with Crippen LogP contribution in [0.1, 0.15) is 50.1 Å². The van der Waals surface area contributed by atoms with Crippen molar-refractivity contribution in [3.05, 3.63) is 40.3 Å². The zero-order chi connectivity index (χ0) is 18.0. The van der Waals surface area contributed by atoms with Crippen molar-refractivity contribution in [3.8, 4) is 0 Å². The van der Waals surface area contributed by atoms with Gasteiger partial charge in [-0.2, -0.15) is 5.10 Å². The summed E-state index contributed by atoms with van der Waals surface area (Å²) < 4.78 is 7.07. The summed E-state index contributed by atoms with van der Waals surface area (Å²) in [5, 5.41) is 5.56. The van der Waals surface area contributed by atoms with Crippen LogP contribution in [0.4, 0.5) is 0 Å². The van der Waals surface area contributed by atoms with Gasteiger partial charge in [-0.1, -0.05) is 18.2 Å². The number of nitrogens with zero attached hydrogens (tertiary/aromatic N) is 3. The van der Waals surface area contributed by atoms with Crippen molar-refractivity contribution in [2.45, 2.75) is 45.8 Å². The summed E-state index contributed by atoms with van der Waals surface area (Å²) in [5.41, 5.74) is 0.174. The fourth-order valence-electron chi connectivity index (χ4n) is 3.25. The van der Waals surface area contributed by atoms with E-state index in [4.69, 9.17) is 4.74 Å². The molecule has 2 heterocycles. The van der Waals surface area contributed by atoms with E-state index >= 15 is 0 Å². The van der Waals surface area contributed by atoms with Crippen LogP contribution in [-0.4, -0.2) is 46.4 Å². The number of carbonyl (C=O) groups excluding carboxylic acids is 1. The van der Waals surface area contributed by atoms with Gasteiger partial charge in [0.1, 0.15) is 0 Å². The van der Waals surface area contributed by atoms with Crippen molar-refractivity contribution in [2.75, 3.05) is 19.7 Å². The highest BCUT2D eigenvalue weighted by Gasteiger charge is 2.25. The lowest BCUT2D eigenvalue weighted by atomic mass is 10.1. The van der Waals surface area contributed by atoms with Crippen molar-refractivity contribution < 1.29 is 9.53 Å². The molecule has 6 nitrogen and oxygen atoms in total. The van der Waals surface area contributed by atoms with Crippen LogP contribution < -0.4 is 5.56 Å². The Balaban J connectivity index is 2.05. The lowest BCUT2D eigenvalue weighted by molar-refractivity contribution is 0.0534. The number of hydrogen-bond acceptors (Lipinski definition) is 4. The van der Waals surface area contributed by atoms with E-state index in [0.717, 1.165) is 19.4 Å². The van der Waals surface area contributed by atoms with Gasteiger partial charge in [-0.25, -0.2) is 4.68 Å². The van der Waals surface area contributed by atoms with Gasteiger partial charge in [0.25, 0.3) is 11.5 Å². The van der Waals surface area contributed by atoms with Crippen LogP contribution in [-0.2, 0) is 4.74 Å². The molecule has 0 bridgehead atoms. The molecule has 0 saturated carbocycles.